The van der Waals surface area contributed by atoms with Crippen LogP contribution >= 0.6 is 11.3 Å². The van der Waals surface area contributed by atoms with E-state index in [9.17, 15) is 4.79 Å². The number of anilines is 2. The highest BCUT2D eigenvalue weighted by molar-refractivity contribution is 7.14. The molecule has 2 aromatic rings. The fourth-order valence-corrected chi connectivity index (χ4v) is 2.37. The Hall–Kier alpha value is -1.88. The Morgan fingerprint density at radius 2 is 2.22 bits per heavy atom. The van der Waals surface area contributed by atoms with E-state index >= 15 is 0 Å². The first-order valence-corrected chi connectivity index (χ1v) is 6.62. The van der Waals surface area contributed by atoms with Crippen molar-refractivity contribution in [1.29, 1.82) is 0 Å². The molecule has 2 N–H and O–H groups in total. The molecule has 0 fully saturated rings. The zero-order valence-electron chi connectivity index (χ0n) is 10.0. The maximum Gasteiger partial charge on any atom is 0.355 e. The van der Waals surface area contributed by atoms with Gasteiger partial charge < -0.3 is 10.4 Å². The van der Waals surface area contributed by atoms with Gasteiger partial charge in [0.2, 0.25) is 0 Å². The molecule has 4 nitrogen and oxygen atoms in total. The van der Waals surface area contributed by atoms with Crippen LogP contribution < -0.4 is 5.32 Å². The number of nitrogens with zero attached hydrogens (tertiary/aromatic N) is 1. The van der Waals surface area contributed by atoms with Crippen LogP contribution in [0, 0.1) is 0 Å². The number of carbonyl (C=O) groups is 1. The van der Waals surface area contributed by atoms with Crippen LogP contribution in [0.3, 0.4) is 0 Å². The van der Waals surface area contributed by atoms with E-state index in [1.165, 1.54) is 22.3 Å². The predicted molar refractivity (Wildman–Crippen MR) is 72.8 cm³/mol. The van der Waals surface area contributed by atoms with Crippen molar-refractivity contribution >= 4 is 28.1 Å². The quantitative estimate of drug-likeness (QED) is 0.865. The molecule has 94 valence electrons. The summed E-state index contributed by atoms with van der Waals surface area (Å²) in [5, 5.41) is 14.1. The third kappa shape index (κ3) is 2.87. The number of thiazole rings is 1. The van der Waals surface area contributed by atoms with Gasteiger partial charge >= 0.3 is 5.97 Å². The maximum absolute atomic E-state index is 10.8. The molecule has 1 heterocycles. The van der Waals surface area contributed by atoms with E-state index in [-0.39, 0.29) is 5.69 Å². The number of hydrogen-bond donors (Lipinski definition) is 2. The minimum atomic E-state index is -0.999. The van der Waals surface area contributed by atoms with E-state index in [0.29, 0.717) is 5.13 Å². The summed E-state index contributed by atoms with van der Waals surface area (Å²) in [6, 6.07) is 8.00. The van der Waals surface area contributed by atoms with E-state index in [1.54, 1.807) is 0 Å². The van der Waals surface area contributed by atoms with Crippen LogP contribution in [0.2, 0.25) is 0 Å². The average molecular weight is 262 g/mol. The van der Waals surface area contributed by atoms with Crippen LogP contribution in [0.25, 0.3) is 0 Å². The highest BCUT2D eigenvalue weighted by Gasteiger charge is 2.09. The van der Waals surface area contributed by atoms with Gasteiger partial charge in [-0.2, -0.15) is 0 Å². The fourth-order valence-electron chi connectivity index (χ4n) is 1.67. The van der Waals surface area contributed by atoms with Crippen LogP contribution in [0.4, 0.5) is 10.8 Å². The summed E-state index contributed by atoms with van der Waals surface area (Å²) in [4.78, 5) is 14.8. The van der Waals surface area contributed by atoms with Gasteiger partial charge in [-0.1, -0.05) is 31.5 Å². The average Bonchev–Trinajstić information content (AvgIpc) is 2.81. The number of aromatic nitrogens is 1. The summed E-state index contributed by atoms with van der Waals surface area (Å²) in [7, 11) is 0. The third-order valence-electron chi connectivity index (χ3n) is 2.50. The minimum absolute atomic E-state index is 0.0791. The van der Waals surface area contributed by atoms with Crippen LogP contribution in [0.5, 0.6) is 0 Å². The Kier molecular flexibility index (Phi) is 3.94. The number of benzene rings is 1. The van der Waals surface area contributed by atoms with Crippen molar-refractivity contribution in [2.45, 2.75) is 19.8 Å². The number of nitrogens with one attached hydrogen (secondary N) is 1. The zero-order valence-corrected chi connectivity index (χ0v) is 10.8. The second-order valence-corrected chi connectivity index (χ2v) is 4.73. The molecule has 2 rings (SSSR count). The Labute approximate surface area is 109 Å². The maximum atomic E-state index is 10.8. The highest BCUT2D eigenvalue weighted by atomic mass is 32.1. The third-order valence-corrected chi connectivity index (χ3v) is 3.26. The van der Waals surface area contributed by atoms with Crippen molar-refractivity contribution < 1.29 is 9.90 Å². The molecule has 0 aliphatic heterocycles. The topological polar surface area (TPSA) is 62.2 Å². The molecule has 0 bridgehead atoms. The van der Waals surface area contributed by atoms with E-state index in [1.807, 2.05) is 18.2 Å². The molecule has 0 saturated carbocycles. The van der Waals surface area contributed by atoms with Crippen molar-refractivity contribution in [3.63, 3.8) is 0 Å². The summed E-state index contributed by atoms with van der Waals surface area (Å²) >= 11 is 1.30. The predicted octanol–water partition coefficient (Wildman–Crippen LogP) is 3.54. The van der Waals surface area contributed by atoms with Gasteiger partial charge in [-0.15, -0.1) is 11.3 Å². The minimum Gasteiger partial charge on any atom is -0.476 e. The molecule has 0 saturated heterocycles. The normalized spacial score (nSPS) is 10.3. The summed E-state index contributed by atoms with van der Waals surface area (Å²) in [5.41, 5.74) is 2.29. The highest BCUT2D eigenvalue weighted by Crippen LogP contribution is 2.24. The molecule has 0 unspecified atom stereocenters. The van der Waals surface area contributed by atoms with Crippen molar-refractivity contribution in [3.05, 3.63) is 40.9 Å². The standard InChI is InChI=1S/C13H14N2O2S/c1-2-5-9-6-3-4-7-10(9)14-13-15-11(8-18-13)12(16)17/h3-4,6-8H,2,5H2,1H3,(H,14,15)(H,16,17). The smallest absolute Gasteiger partial charge is 0.355 e. The van der Waals surface area contributed by atoms with Crippen molar-refractivity contribution in [2.75, 3.05) is 5.32 Å². The Bertz CT molecular complexity index is 551. The Morgan fingerprint density at radius 3 is 2.89 bits per heavy atom. The van der Waals surface area contributed by atoms with E-state index in [2.05, 4.69) is 23.3 Å². The first kappa shape index (κ1) is 12.6. The van der Waals surface area contributed by atoms with Crippen molar-refractivity contribution in [1.82, 2.24) is 4.98 Å². The Morgan fingerprint density at radius 1 is 1.44 bits per heavy atom. The van der Waals surface area contributed by atoms with E-state index in [4.69, 9.17) is 5.11 Å². The number of carboxylic acid groups (broad SMARTS) is 1. The molecule has 1 aromatic carbocycles. The number of hydrogen-bond acceptors (Lipinski definition) is 4. The molecule has 1 aromatic heterocycles. The molecule has 0 atom stereocenters. The van der Waals surface area contributed by atoms with Gasteiger partial charge in [-0.25, -0.2) is 9.78 Å². The second kappa shape index (κ2) is 5.64. The van der Waals surface area contributed by atoms with E-state index in [0.717, 1.165) is 18.5 Å². The molecule has 18 heavy (non-hydrogen) atoms. The van der Waals surface area contributed by atoms with Crippen LogP contribution in [0.1, 0.15) is 29.4 Å². The Balaban J connectivity index is 2.19. The number of aryl methyl sites for hydroxylation is 1. The zero-order chi connectivity index (χ0) is 13.0. The van der Waals surface area contributed by atoms with Gasteiger partial charge in [0.1, 0.15) is 0 Å². The van der Waals surface area contributed by atoms with Gasteiger partial charge in [0, 0.05) is 11.1 Å². The molecule has 0 aliphatic carbocycles. The fraction of sp³-hybridized carbons (Fsp3) is 0.231. The van der Waals surface area contributed by atoms with Crippen molar-refractivity contribution in [2.24, 2.45) is 0 Å². The number of aromatic carboxylic acids is 1. The molecule has 0 spiro atoms. The lowest BCUT2D eigenvalue weighted by Gasteiger charge is -2.08. The number of carboxylic acids is 1. The number of para-hydroxylation sites is 1. The van der Waals surface area contributed by atoms with Gasteiger partial charge in [-0.05, 0) is 18.1 Å². The van der Waals surface area contributed by atoms with E-state index < -0.39 is 5.97 Å². The second-order valence-electron chi connectivity index (χ2n) is 3.88. The lowest BCUT2D eigenvalue weighted by atomic mass is 10.1. The molecular formula is C13H14N2O2S. The molecule has 0 amide bonds. The number of rotatable bonds is 5. The lowest BCUT2D eigenvalue weighted by Crippen LogP contribution is -1.98. The molecule has 0 aliphatic rings. The summed E-state index contributed by atoms with van der Waals surface area (Å²) in [5.74, 6) is -0.999. The van der Waals surface area contributed by atoms with Gasteiger partial charge in [0.15, 0.2) is 10.8 Å². The van der Waals surface area contributed by atoms with Gasteiger partial charge in [-0.3, -0.25) is 0 Å². The van der Waals surface area contributed by atoms with Crippen LogP contribution in [-0.2, 0) is 6.42 Å². The SMILES string of the molecule is CCCc1ccccc1Nc1nc(C(=O)O)cs1. The monoisotopic (exact) mass is 262 g/mol. The lowest BCUT2D eigenvalue weighted by molar-refractivity contribution is 0.0691. The van der Waals surface area contributed by atoms with Crippen LogP contribution in [-0.4, -0.2) is 16.1 Å². The summed E-state index contributed by atoms with van der Waals surface area (Å²) in [6.07, 6.45) is 2.05. The molecule has 0 radical (unpaired) electrons. The molecule has 5 heteroatoms. The summed E-state index contributed by atoms with van der Waals surface area (Å²) < 4.78 is 0. The first-order chi connectivity index (χ1) is 8.70. The first-order valence-electron chi connectivity index (χ1n) is 5.74. The largest absolute Gasteiger partial charge is 0.476 e. The summed E-state index contributed by atoms with van der Waals surface area (Å²) in [6.45, 7) is 2.13. The van der Waals surface area contributed by atoms with Crippen molar-refractivity contribution in [3.8, 4) is 0 Å². The van der Waals surface area contributed by atoms with Gasteiger partial charge in [0.25, 0.3) is 0 Å². The van der Waals surface area contributed by atoms with Crippen LogP contribution in [0.15, 0.2) is 29.6 Å². The molecular weight excluding hydrogens is 248 g/mol. The van der Waals surface area contributed by atoms with Gasteiger partial charge in [0.05, 0.1) is 0 Å².